The number of benzene rings is 1. The number of nitrogens with zero attached hydrogens (tertiary/aromatic N) is 1. The lowest BCUT2D eigenvalue weighted by molar-refractivity contribution is 0.0698. The quantitative estimate of drug-likeness (QED) is 0.912. The number of aryl methyl sites for hydroxylation is 2. The second-order valence-electron chi connectivity index (χ2n) is 4.51. The molecule has 108 valence electrons. The summed E-state index contributed by atoms with van der Waals surface area (Å²) in [6, 6.07) is 7.77. The lowest BCUT2D eigenvalue weighted by Gasteiger charge is -2.11. The lowest BCUT2D eigenvalue weighted by atomic mass is 10.1. The van der Waals surface area contributed by atoms with E-state index in [4.69, 9.17) is 16.7 Å². The summed E-state index contributed by atoms with van der Waals surface area (Å²) < 4.78 is 0. The van der Waals surface area contributed by atoms with Gasteiger partial charge < -0.3 is 10.4 Å². The van der Waals surface area contributed by atoms with Crippen LogP contribution in [0.1, 0.15) is 32.1 Å². The second-order valence-corrected chi connectivity index (χ2v) is 4.91. The van der Waals surface area contributed by atoms with Gasteiger partial charge in [-0.05, 0) is 38.1 Å². The van der Waals surface area contributed by atoms with E-state index in [1.54, 1.807) is 19.1 Å². The molecule has 1 aromatic heterocycles. The van der Waals surface area contributed by atoms with Gasteiger partial charge in [-0.3, -0.25) is 9.78 Å². The minimum Gasteiger partial charge on any atom is -0.478 e. The number of hydrogen-bond donors (Lipinski definition) is 2. The van der Waals surface area contributed by atoms with Crippen LogP contribution in [-0.2, 0) is 0 Å². The molecule has 0 spiro atoms. The third-order valence-corrected chi connectivity index (χ3v) is 3.27. The van der Waals surface area contributed by atoms with E-state index in [2.05, 4.69) is 10.3 Å². The van der Waals surface area contributed by atoms with E-state index >= 15 is 0 Å². The van der Waals surface area contributed by atoms with Crippen LogP contribution in [0.3, 0.4) is 0 Å². The summed E-state index contributed by atoms with van der Waals surface area (Å²) in [4.78, 5) is 27.7. The molecule has 0 aliphatic rings. The molecular formula is C15H13ClN2O3. The van der Waals surface area contributed by atoms with Gasteiger partial charge in [-0.25, -0.2) is 4.79 Å². The predicted octanol–water partition coefficient (Wildman–Crippen LogP) is 3.30. The van der Waals surface area contributed by atoms with Gasteiger partial charge in [-0.15, -0.1) is 0 Å². The predicted molar refractivity (Wildman–Crippen MR) is 80.1 cm³/mol. The van der Waals surface area contributed by atoms with Crippen molar-refractivity contribution >= 4 is 29.2 Å². The van der Waals surface area contributed by atoms with Crippen LogP contribution in [0.4, 0.5) is 5.69 Å². The molecule has 1 amide bonds. The molecule has 5 nitrogen and oxygen atoms in total. The highest BCUT2D eigenvalue weighted by Crippen LogP contribution is 2.26. The Morgan fingerprint density at radius 3 is 2.48 bits per heavy atom. The van der Waals surface area contributed by atoms with Crippen LogP contribution >= 0.6 is 11.6 Å². The molecular weight excluding hydrogens is 292 g/mol. The van der Waals surface area contributed by atoms with Gasteiger partial charge >= 0.3 is 5.97 Å². The Morgan fingerprint density at radius 2 is 1.86 bits per heavy atom. The van der Waals surface area contributed by atoms with Crippen molar-refractivity contribution in [2.45, 2.75) is 13.8 Å². The molecule has 0 fully saturated rings. The Morgan fingerprint density at radius 1 is 1.14 bits per heavy atom. The summed E-state index contributed by atoms with van der Waals surface area (Å²) in [6.45, 7) is 3.54. The van der Waals surface area contributed by atoms with Crippen molar-refractivity contribution in [2.75, 3.05) is 5.32 Å². The van der Waals surface area contributed by atoms with Crippen LogP contribution in [0, 0.1) is 13.8 Å². The van der Waals surface area contributed by atoms with Crippen LogP contribution in [0.25, 0.3) is 0 Å². The number of carbonyl (C=O) groups excluding carboxylic acids is 1. The molecule has 2 rings (SSSR count). The molecule has 21 heavy (non-hydrogen) atoms. The van der Waals surface area contributed by atoms with E-state index in [9.17, 15) is 9.59 Å². The number of amides is 1. The van der Waals surface area contributed by atoms with Crippen molar-refractivity contribution in [3.63, 3.8) is 0 Å². The number of anilines is 1. The molecule has 0 radical (unpaired) electrons. The zero-order valence-corrected chi connectivity index (χ0v) is 12.2. The third-order valence-electron chi connectivity index (χ3n) is 2.95. The molecule has 0 aliphatic carbocycles. The van der Waals surface area contributed by atoms with Gasteiger partial charge in [0, 0.05) is 5.69 Å². The number of para-hydroxylation sites is 1. The summed E-state index contributed by atoms with van der Waals surface area (Å²) in [5.41, 5.74) is 1.76. The van der Waals surface area contributed by atoms with Crippen molar-refractivity contribution in [2.24, 2.45) is 0 Å². The van der Waals surface area contributed by atoms with Crippen molar-refractivity contribution in [1.29, 1.82) is 0 Å². The average molecular weight is 305 g/mol. The van der Waals surface area contributed by atoms with Crippen LogP contribution in [0.15, 0.2) is 30.3 Å². The monoisotopic (exact) mass is 304 g/mol. The van der Waals surface area contributed by atoms with Crippen molar-refractivity contribution in [3.8, 4) is 0 Å². The minimum atomic E-state index is -1.16. The van der Waals surface area contributed by atoms with E-state index < -0.39 is 11.9 Å². The molecule has 1 aromatic carbocycles. The number of aromatic carboxylic acids is 1. The lowest BCUT2D eigenvalue weighted by Crippen LogP contribution is -2.17. The normalized spacial score (nSPS) is 10.2. The van der Waals surface area contributed by atoms with Gasteiger partial charge in [-0.1, -0.05) is 17.7 Å². The minimum absolute atomic E-state index is 0.0615. The van der Waals surface area contributed by atoms with E-state index in [-0.39, 0.29) is 16.3 Å². The summed E-state index contributed by atoms with van der Waals surface area (Å²) >= 11 is 5.98. The maximum Gasteiger partial charge on any atom is 0.337 e. The molecule has 2 aromatic rings. The van der Waals surface area contributed by atoms with Gasteiger partial charge in [0.2, 0.25) is 0 Å². The second kappa shape index (κ2) is 5.93. The number of carbonyl (C=O) groups is 2. The highest BCUT2D eigenvalue weighted by molar-refractivity contribution is 6.34. The van der Waals surface area contributed by atoms with Gasteiger partial charge in [0.25, 0.3) is 5.91 Å². The molecule has 0 aliphatic heterocycles. The van der Waals surface area contributed by atoms with Crippen LogP contribution < -0.4 is 5.32 Å². The number of aromatic nitrogens is 1. The van der Waals surface area contributed by atoms with Crippen LogP contribution in [0.2, 0.25) is 5.02 Å². The Labute approximate surface area is 126 Å². The summed E-state index contributed by atoms with van der Waals surface area (Å²) in [7, 11) is 0. The smallest absolute Gasteiger partial charge is 0.337 e. The van der Waals surface area contributed by atoms with E-state index in [1.165, 1.54) is 18.2 Å². The Kier molecular flexibility index (Phi) is 4.23. The number of nitrogens with one attached hydrogen (secondary N) is 1. The number of carboxylic acid groups (broad SMARTS) is 1. The Bertz CT molecular complexity index is 729. The summed E-state index contributed by atoms with van der Waals surface area (Å²) in [5.74, 6) is -1.61. The number of pyridine rings is 1. The fourth-order valence-corrected chi connectivity index (χ4v) is 2.16. The summed E-state index contributed by atoms with van der Waals surface area (Å²) in [5, 5.41) is 11.9. The average Bonchev–Trinajstić information content (AvgIpc) is 2.40. The Balaban J connectivity index is 2.38. The van der Waals surface area contributed by atoms with Crippen molar-refractivity contribution in [3.05, 3.63) is 57.9 Å². The first-order chi connectivity index (χ1) is 9.90. The molecule has 0 bridgehead atoms. The molecule has 6 heteroatoms. The first kappa shape index (κ1) is 15.0. The van der Waals surface area contributed by atoms with Gasteiger partial charge in [0.05, 0.1) is 27.5 Å². The van der Waals surface area contributed by atoms with Gasteiger partial charge in [0.1, 0.15) is 0 Å². The largest absolute Gasteiger partial charge is 0.478 e. The fraction of sp³-hybridized carbons (Fsp3) is 0.133. The zero-order valence-electron chi connectivity index (χ0n) is 11.5. The van der Waals surface area contributed by atoms with E-state index in [0.717, 1.165) is 5.69 Å². The molecule has 0 unspecified atom stereocenters. The molecule has 0 saturated heterocycles. The number of hydrogen-bond acceptors (Lipinski definition) is 3. The van der Waals surface area contributed by atoms with E-state index in [0.29, 0.717) is 11.3 Å². The standard InChI is InChI=1S/C15H13ClN2O3/c1-8-6-7-10(9(2)17-8)14(19)18-13-11(15(20)21)4-3-5-12(13)16/h3-7H,1-2H3,(H,18,19)(H,20,21). The topological polar surface area (TPSA) is 79.3 Å². The number of rotatable bonds is 3. The van der Waals surface area contributed by atoms with Gasteiger partial charge in [-0.2, -0.15) is 0 Å². The van der Waals surface area contributed by atoms with Crippen molar-refractivity contribution < 1.29 is 14.7 Å². The molecule has 2 N–H and O–H groups in total. The van der Waals surface area contributed by atoms with Crippen LogP contribution in [0.5, 0.6) is 0 Å². The zero-order chi connectivity index (χ0) is 15.6. The Hall–Kier alpha value is -2.40. The summed E-state index contributed by atoms with van der Waals surface area (Å²) in [6.07, 6.45) is 0. The molecule has 0 atom stereocenters. The SMILES string of the molecule is Cc1ccc(C(=O)Nc2c(Cl)cccc2C(=O)O)c(C)n1. The van der Waals surface area contributed by atoms with Crippen molar-refractivity contribution in [1.82, 2.24) is 4.98 Å². The fourth-order valence-electron chi connectivity index (χ4n) is 1.94. The first-order valence-corrected chi connectivity index (χ1v) is 6.55. The highest BCUT2D eigenvalue weighted by atomic mass is 35.5. The third kappa shape index (κ3) is 3.20. The highest BCUT2D eigenvalue weighted by Gasteiger charge is 2.17. The number of carboxylic acids is 1. The first-order valence-electron chi connectivity index (χ1n) is 6.17. The maximum absolute atomic E-state index is 12.3. The van der Waals surface area contributed by atoms with Crippen LogP contribution in [-0.4, -0.2) is 22.0 Å². The van der Waals surface area contributed by atoms with E-state index in [1.807, 2.05) is 6.92 Å². The maximum atomic E-state index is 12.3. The molecule has 1 heterocycles. The molecule has 0 saturated carbocycles. The number of halogens is 1. The van der Waals surface area contributed by atoms with Gasteiger partial charge in [0.15, 0.2) is 0 Å².